The first-order valence-corrected chi connectivity index (χ1v) is 12.3. The van der Waals surface area contributed by atoms with E-state index in [9.17, 15) is 0 Å². The Morgan fingerprint density at radius 2 is 1.65 bits per heavy atom. The summed E-state index contributed by atoms with van der Waals surface area (Å²) < 4.78 is 13.1. The second-order valence-electron chi connectivity index (χ2n) is 8.87. The van der Waals surface area contributed by atoms with Gasteiger partial charge >= 0.3 is 0 Å². The quantitative estimate of drug-likeness (QED) is 0.317. The first kappa shape index (κ1) is 37.2. The van der Waals surface area contributed by atoms with Gasteiger partial charge in [-0.15, -0.1) is 24.8 Å². The molecule has 0 atom stereocenters. The van der Waals surface area contributed by atoms with E-state index in [0.29, 0.717) is 18.0 Å². The smallest absolute Gasteiger partial charge is 0.162 e. The van der Waals surface area contributed by atoms with Crippen LogP contribution in [0.5, 0.6) is 11.5 Å². The van der Waals surface area contributed by atoms with Crippen molar-refractivity contribution >= 4 is 53.0 Å². The number of H-pyrrole nitrogens is 1. The number of halogens is 3. The summed E-state index contributed by atoms with van der Waals surface area (Å²) in [7, 11) is 3.32. The summed E-state index contributed by atoms with van der Waals surface area (Å²) in [5.74, 6) is 1.41. The van der Waals surface area contributed by atoms with Crippen LogP contribution in [-0.4, -0.2) is 88.0 Å². The molecule has 0 unspecified atom stereocenters. The van der Waals surface area contributed by atoms with Gasteiger partial charge in [0.25, 0.3) is 0 Å². The van der Waals surface area contributed by atoms with Crippen molar-refractivity contribution in [2.24, 2.45) is 0 Å². The zero-order chi connectivity index (χ0) is 24.4. The molecule has 3 heterocycles. The lowest BCUT2D eigenvalue weighted by molar-refractivity contribution is 0.260. The number of hydrogen-bond acceptors (Lipinski definition) is 6. The molecule has 40 heavy (non-hydrogen) atoms. The molecule has 4 aromatic rings. The van der Waals surface area contributed by atoms with E-state index < -0.39 is 0 Å². The molecular weight excluding hydrogens is 583 g/mol. The van der Waals surface area contributed by atoms with Gasteiger partial charge in [-0.3, -0.25) is 9.58 Å². The lowest BCUT2D eigenvalue weighted by Gasteiger charge is -2.36. The molecule has 0 saturated carbocycles. The number of anilines is 1. The lowest BCUT2D eigenvalue weighted by atomic mass is 10.1. The van der Waals surface area contributed by atoms with Gasteiger partial charge in [-0.1, -0.05) is 17.7 Å². The zero-order valence-corrected chi connectivity index (χ0v) is 25.1. The number of nitrogens with one attached hydrogen (secondary N) is 1. The van der Waals surface area contributed by atoms with Crippen molar-refractivity contribution in [2.45, 2.75) is 19.9 Å². The Bertz CT molecular complexity index is 1310. The lowest BCUT2D eigenvalue weighted by Crippen LogP contribution is -2.47. The van der Waals surface area contributed by atoms with E-state index in [0.717, 1.165) is 72.0 Å². The molecule has 1 fully saturated rings. The van der Waals surface area contributed by atoms with Gasteiger partial charge in [-0.25, -0.2) is 4.98 Å². The highest BCUT2D eigenvalue weighted by Gasteiger charge is 2.21. The number of ether oxygens (including phenoxy) is 2. The average Bonchev–Trinajstić information content (AvgIpc) is 3.52. The summed E-state index contributed by atoms with van der Waals surface area (Å²) in [6, 6.07) is 10.2. The van der Waals surface area contributed by atoms with Crippen LogP contribution in [0.25, 0.3) is 10.9 Å². The normalized spacial score (nSPS) is 12.8. The van der Waals surface area contributed by atoms with Gasteiger partial charge in [-0.2, -0.15) is 5.10 Å². The second kappa shape index (κ2) is 16.5. The number of hydrogen-bond donors (Lipinski definition) is 1. The number of aromatic nitrogens is 4. The third-order valence-corrected chi connectivity index (χ3v) is 7.23. The second-order valence-corrected chi connectivity index (χ2v) is 9.28. The van der Waals surface area contributed by atoms with Gasteiger partial charge in [0.2, 0.25) is 0 Å². The predicted octanol–water partition coefficient (Wildman–Crippen LogP) is 2.52. The zero-order valence-electron chi connectivity index (χ0n) is 22.7. The molecule has 0 amide bonds. The molecule has 2 aromatic heterocycles. The summed E-state index contributed by atoms with van der Waals surface area (Å²) in [6.07, 6.45) is 4.38. The van der Waals surface area contributed by atoms with Crippen molar-refractivity contribution in [1.82, 2.24) is 24.6 Å². The molecule has 0 spiro atoms. The number of benzene rings is 2. The maximum absolute atomic E-state index is 6.35. The molecule has 1 aliphatic rings. The fraction of sp³-hybridized carbons (Fsp3) is 0.385. The van der Waals surface area contributed by atoms with Crippen LogP contribution >= 0.6 is 36.4 Å². The van der Waals surface area contributed by atoms with E-state index >= 15 is 0 Å². The molecule has 1 saturated heterocycles. The van der Waals surface area contributed by atoms with Crippen molar-refractivity contribution in [2.75, 3.05) is 51.8 Å². The predicted molar refractivity (Wildman–Crippen MR) is 164 cm³/mol. The van der Waals surface area contributed by atoms with Crippen LogP contribution in [-0.2, 0) is 13.0 Å². The maximum Gasteiger partial charge on any atom is 0.162 e. The molecule has 0 bridgehead atoms. The molecule has 0 aliphatic carbocycles. The molecule has 2 aromatic carbocycles. The summed E-state index contributed by atoms with van der Waals surface area (Å²) in [5, 5.41) is 6.91. The van der Waals surface area contributed by atoms with Crippen LogP contribution in [0.15, 0.2) is 42.9 Å². The van der Waals surface area contributed by atoms with Gasteiger partial charge in [0, 0.05) is 67.5 Å². The summed E-state index contributed by atoms with van der Waals surface area (Å²) in [4.78, 5) is 12.3. The van der Waals surface area contributed by atoms with Crippen molar-refractivity contribution in [3.05, 3.63) is 64.8 Å². The number of methoxy groups -OCH3 is 2. The van der Waals surface area contributed by atoms with Gasteiger partial charge in [0.1, 0.15) is 0 Å². The van der Waals surface area contributed by atoms with E-state index in [4.69, 9.17) is 26.2 Å². The first-order valence-electron chi connectivity index (χ1n) is 11.9. The molecule has 0 radical (unpaired) electrons. The minimum Gasteiger partial charge on any atom is -0.493 e. The highest BCUT2D eigenvalue weighted by molar-refractivity contribution is 6.31. The van der Waals surface area contributed by atoms with Crippen LogP contribution in [0, 0.1) is 6.92 Å². The Morgan fingerprint density at radius 1 is 0.975 bits per heavy atom. The van der Waals surface area contributed by atoms with Crippen molar-refractivity contribution in [3.63, 3.8) is 0 Å². The highest BCUT2D eigenvalue weighted by atomic mass is 35.5. The number of aromatic amines is 1. The monoisotopic (exact) mass is 620 g/mol. The number of imidazole rings is 1. The average molecular weight is 622 g/mol. The molecule has 7 N–H and O–H groups in total. The Hall–Kier alpha value is -2.77. The van der Waals surface area contributed by atoms with E-state index in [1.165, 1.54) is 5.69 Å². The number of rotatable bonds is 8. The van der Waals surface area contributed by atoms with Gasteiger partial charge in [0.15, 0.2) is 11.5 Å². The largest absolute Gasteiger partial charge is 0.493 e. The molecule has 5 rings (SSSR count). The molecule has 1 aliphatic heterocycles. The van der Waals surface area contributed by atoms with Crippen LogP contribution in [0.4, 0.5) is 5.69 Å². The number of fused-ring (bicyclic) bond motifs is 1. The van der Waals surface area contributed by atoms with E-state index in [1.807, 2.05) is 35.1 Å². The van der Waals surface area contributed by atoms with Gasteiger partial charge in [-0.05, 0) is 30.7 Å². The van der Waals surface area contributed by atoms with Crippen LogP contribution in [0.3, 0.4) is 0 Å². The van der Waals surface area contributed by atoms with Crippen LogP contribution in [0.1, 0.15) is 17.0 Å². The Labute approximate surface area is 251 Å². The third kappa shape index (κ3) is 7.70. The van der Waals surface area contributed by atoms with Crippen molar-refractivity contribution in [3.8, 4) is 11.5 Å². The highest BCUT2D eigenvalue weighted by Crippen LogP contribution is 2.34. The Morgan fingerprint density at radius 3 is 2.27 bits per heavy atom. The number of piperazine rings is 1. The van der Waals surface area contributed by atoms with E-state index in [1.54, 1.807) is 20.5 Å². The van der Waals surface area contributed by atoms with Crippen molar-refractivity contribution in [1.29, 1.82) is 0 Å². The third-order valence-electron chi connectivity index (χ3n) is 6.82. The van der Waals surface area contributed by atoms with Gasteiger partial charge < -0.3 is 35.8 Å². The number of nitrogens with zero attached hydrogens (tertiary/aromatic N) is 5. The van der Waals surface area contributed by atoms with E-state index in [2.05, 4.69) is 32.8 Å². The van der Waals surface area contributed by atoms with Crippen LogP contribution in [0.2, 0.25) is 5.02 Å². The fourth-order valence-electron chi connectivity index (χ4n) is 4.82. The Balaban J connectivity index is 0.00000304. The maximum atomic E-state index is 6.35. The topological polar surface area (TPSA) is 166 Å². The fourth-order valence-corrected chi connectivity index (χ4v) is 4.99. The standard InChI is InChI=1S/C26H31ClN6O2.2ClH.3H2O/c1-18-21(27)5-4-6-23(18)32-11-9-31(10-12-32)8-7-22-20-13-25(34-2)26(35-3)14-24(20)33(30-22)16-19-15-28-17-29-19;;;;;/h4-6,13-15,17H,7-12,16H2,1-3H3,(H,28,29);2*1H;3*1H2. The molecule has 11 nitrogen and oxygen atoms in total. The minimum atomic E-state index is 0. The summed E-state index contributed by atoms with van der Waals surface area (Å²) in [6.45, 7) is 7.66. The van der Waals surface area contributed by atoms with Gasteiger partial charge in [0.05, 0.1) is 44.0 Å². The molecular formula is C26H39Cl3N6O5. The SMILES string of the molecule is COc1cc2c(CCN3CCN(c4cccc(Cl)c4C)CC3)nn(Cc3cnc[nH]3)c2cc1OC.Cl.Cl.O.O.O. The summed E-state index contributed by atoms with van der Waals surface area (Å²) in [5.41, 5.74) is 5.48. The molecule has 14 heteroatoms. The minimum absolute atomic E-state index is 0. The van der Waals surface area contributed by atoms with E-state index in [-0.39, 0.29) is 41.2 Å². The summed E-state index contributed by atoms with van der Waals surface area (Å²) >= 11 is 6.35. The molecule has 224 valence electrons. The van der Waals surface area contributed by atoms with Crippen molar-refractivity contribution < 1.29 is 25.9 Å². The first-order chi connectivity index (χ1) is 17.1. The Kier molecular flexibility index (Phi) is 15.3. The van der Waals surface area contributed by atoms with Crippen LogP contribution < -0.4 is 14.4 Å².